The first-order valence-corrected chi connectivity index (χ1v) is 8.34. The summed E-state index contributed by atoms with van der Waals surface area (Å²) in [5.41, 5.74) is -0.558. The summed E-state index contributed by atoms with van der Waals surface area (Å²) in [7, 11) is 1.66. The number of carbonyl (C=O) groups is 3. The van der Waals surface area contributed by atoms with E-state index >= 15 is 0 Å². The van der Waals surface area contributed by atoms with Gasteiger partial charge in [0.1, 0.15) is 11.9 Å². The third-order valence-electron chi connectivity index (χ3n) is 5.48. The summed E-state index contributed by atoms with van der Waals surface area (Å²) in [6.07, 6.45) is 9.33. The summed E-state index contributed by atoms with van der Waals surface area (Å²) in [5, 5.41) is 0. The Morgan fingerprint density at radius 3 is 2.46 bits per heavy atom. The Hall–Kier alpha value is -2.31. The van der Waals surface area contributed by atoms with Gasteiger partial charge in [-0.2, -0.15) is 0 Å². The smallest absolute Gasteiger partial charge is 0.313 e. The van der Waals surface area contributed by atoms with Crippen molar-refractivity contribution in [1.29, 1.82) is 0 Å². The Morgan fingerprint density at radius 1 is 1.21 bits per heavy atom. The number of aromatic nitrogens is 2. The average Bonchev–Trinajstić information content (AvgIpc) is 2.79. The molecule has 2 fully saturated rings. The normalized spacial score (nSPS) is 25.4. The molecule has 2 heterocycles. The number of urea groups is 1. The standard InChI is InChI=1S/C17H22N4O3/c1-17(13-6-4-3-5-7-13)15(23)21(16(24)20(17)2)10-14(22)12-8-18-11-19-9-12/h8-9,11,13H,3-7,10H2,1-2H3. The molecule has 0 bridgehead atoms. The van der Waals surface area contributed by atoms with Crippen molar-refractivity contribution in [2.75, 3.05) is 13.6 Å². The first kappa shape index (κ1) is 16.5. The molecule has 128 valence electrons. The second-order valence-corrected chi connectivity index (χ2v) is 6.77. The van der Waals surface area contributed by atoms with Gasteiger partial charge in [0.15, 0.2) is 5.78 Å². The highest BCUT2D eigenvalue weighted by atomic mass is 16.2. The number of imide groups is 1. The van der Waals surface area contributed by atoms with E-state index in [0.717, 1.165) is 30.6 Å². The Morgan fingerprint density at radius 2 is 1.83 bits per heavy atom. The number of amides is 3. The molecule has 1 aromatic rings. The van der Waals surface area contributed by atoms with E-state index in [2.05, 4.69) is 9.97 Å². The highest BCUT2D eigenvalue weighted by molar-refractivity contribution is 6.10. The van der Waals surface area contributed by atoms with Crippen molar-refractivity contribution in [3.63, 3.8) is 0 Å². The first-order valence-electron chi connectivity index (χ1n) is 8.34. The summed E-state index contributed by atoms with van der Waals surface area (Å²) in [4.78, 5) is 48.1. The minimum absolute atomic E-state index is 0.146. The lowest BCUT2D eigenvalue weighted by molar-refractivity contribution is -0.135. The third kappa shape index (κ3) is 2.57. The van der Waals surface area contributed by atoms with Crippen LogP contribution in [0, 0.1) is 5.92 Å². The molecular weight excluding hydrogens is 308 g/mol. The topological polar surface area (TPSA) is 83.5 Å². The number of rotatable bonds is 4. The maximum absolute atomic E-state index is 13.0. The lowest BCUT2D eigenvalue weighted by Gasteiger charge is -2.38. The van der Waals surface area contributed by atoms with Crippen LogP contribution in [0.15, 0.2) is 18.7 Å². The molecule has 1 aromatic heterocycles. The van der Waals surface area contributed by atoms with Crippen molar-refractivity contribution in [3.8, 4) is 0 Å². The number of nitrogens with zero attached hydrogens (tertiary/aromatic N) is 4. The van der Waals surface area contributed by atoms with Crippen LogP contribution in [0.5, 0.6) is 0 Å². The van der Waals surface area contributed by atoms with E-state index < -0.39 is 11.6 Å². The quantitative estimate of drug-likeness (QED) is 0.622. The molecule has 1 aliphatic carbocycles. The van der Waals surface area contributed by atoms with Crippen LogP contribution in [0.3, 0.4) is 0 Å². The molecule has 0 N–H and O–H groups in total. The van der Waals surface area contributed by atoms with Gasteiger partial charge < -0.3 is 4.90 Å². The van der Waals surface area contributed by atoms with Crippen LogP contribution >= 0.6 is 0 Å². The van der Waals surface area contributed by atoms with Gasteiger partial charge in [0.05, 0.1) is 12.1 Å². The summed E-state index contributed by atoms with van der Waals surface area (Å²) < 4.78 is 0. The molecule has 2 aliphatic rings. The lowest BCUT2D eigenvalue weighted by Crippen LogP contribution is -2.52. The SMILES string of the molecule is CN1C(=O)N(CC(=O)c2cncnc2)C(=O)C1(C)C1CCCCC1. The van der Waals surface area contributed by atoms with Crippen molar-refractivity contribution >= 4 is 17.7 Å². The molecule has 1 unspecified atom stereocenters. The van der Waals surface area contributed by atoms with E-state index in [1.807, 2.05) is 6.92 Å². The lowest BCUT2D eigenvalue weighted by atomic mass is 9.75. The number of carbonyl (C=O) groups excluding carboxylic acids is 3. The fraction of sp³-hybridized carbons (Fsp3) is 0.588. The summed E-state index contributed by atoms with van der Waals surface area (Å²) in [5.74, 6) is -0.460. The van der Waals surface area contributed by atoms with Crippen molar-refractivity contribution in [1.82, 2.24) is 19.8 Å². The maximum atomic E-state index is 13.0. The fourth-order valence-corrected chi connectivity index (χ4v) is 3.81. The van der Waals surface area contributed by atoms with Crippen molar-refractivity contribution in [2.45, 2.75) is 44.6 Å². The molecule has 1 aliphatic heterocycles. The Balaban J connectivity index is 1.81. The van der Waals surface area contributed by atoms with Gasteiger partial charge in [-0.1, -0.05) is 19.3 Å². The fourth-order valence-electron chi connectivity index (χ4n) is 3.81. The highest BCUT2D eigenvalue weighted by Crippen LogP contribution is 2.40. The summed E-state index contributed by atoms with van der Waals surface area (Å²) in [6.45, 7) is 1.57. The molecule has 0 spiro atoms. The van der Waals surface area contributed by atoms with Crippen LogP contribution in [-0.2, 0) is 4.79 Å². The molecule has 3 amide bonds. The summed E-state index contributed by atoms with van der Waals surface area (Å²) >= 11 is 0. The zero-order valence-corrected chi connectivity index (χ0v) is 14.1. The number of hydrogen-bond acceptors (Lipinski definition) is 5. The van der Waals surface area contributed by atoms with Crippen molar-refractivity contribution in [2.24, 2.45) is 5.92 Å². The van der Waals surface area contributed by atoms with Gasteiger partial charge in [-0.25, -0.2) is 14.8 Å². The van der Waals surface area contributed by atoms with Gasteiger partial charge in [0.2, 0.25) is 0 Å². The van der Waals surface area contributed by atoms with E-state index in [0.29, 0.717) is 5.56 Å². The second-order valence-electron chi connectivity index (χ2n) is 6.77. The van der Waals surface area contributed by atoms with E-state index in [1.165, 1.54) is 30.0 Å². The van der Waals surface area contributed by atoms with Gasteiger partial charge in [-0.15, -0.1) is 0 Å². The molecule has 3 rings (SSSR count). The predicted octanol–water partition coefficient (Wildman–Crippen LogP) is 1.89. The molecule has 7 heteroatoms. The average molecular weight is 330 g/mol. The van der Waals surface area contributed by atoms with Gasteiger partial charge in [-0.05, 0) is 25.7 Å². The van der Waals surface area contributed by atoms with E-state index in [4.69, 9.17) is 0 Å². The molecule has 1 saturated heterocycles. The van der Waals surface area contributed by atoms with Crippen LogP contribution in [0.1, 0.15) is 49.4 Å². The summed E-state index contributed by atoms with van der Waals surface area (Å²) in [6, 6.07) is -0.404. The van der Waals surface area contributed by atoms with Gasteiger partial charge in [-0.3, -0.25) is 14.5 Å². The van der Waals surface area contributed by atoms with E-state index in [-0.39, 0.29) is 24.2 Å². The van der Waals surface area contributed by atoms with E-state index in [1.54, 1.807) is 7.05 Å². The van der Waals surface area contributed by atoms with Crippen LogP contribution < -0.4 is 0 Å². The van der Waals surface area contributed by atoms with Crippen LogP contribution in [0.25, 0.3) is 0 Å². The zero-order valence-electron chi connectivity index (χ0n) is 14.1. The van der Waals surface area contributed by atoms with E-state index in [9.17, 15) is 14.4 Å². The van der Waals surface area contributed by atoms with Crippen molar-refractivity contribution in [3.05, 3.63) is 24.3 Å². The number of hydrogen-bond donors (Lipinski definition) is 0. The van der Waals surface area contributed by atoms with Gasteiger partial charge in [0, 0.05) is 19.4 Å². The number of ketones is 1. The minimum Gasteiger partial charge on any atom is -0.313 e. The van der Waals surface area contributed by atoms with Crippen LogP contribution in [0.2, 0.25) is 0 Å². The highest BCUT2D eigenvalue weighted by Gasteiger charge is 2.56. The molecule has 24 heavy (non-hydrogen) atoms. The number of likely N-dealkylation sites (N-methyl/N-ethyl adjacent to an activating group) is 1. The maximum Gasteiger partial charge on any atom is 0.327 e. The van der Waals surface area contributed by atoms with Crippen LogP contribution in [0.4, 0.5) is 4.79 Å². The Labute approximate surface area is 141 Å². The molecular formula is C17H22N4O3. The molecule has 7 nitrogen and oxygen atoms in total. The molecule has 0 radical (unpaired) electrons. The monoisotopic (exact) mass is 330 g/mol. The van der Waals surface area contributed by atoms with Gasteiger partial charge in [0.25, 0.3) is 5.91 Å². The second kappa shape index (κ2) is 6.30. The Kier molecular flexibility index (Phi) is 4.34. The largest absolute Gasteiger partial charge is 0.327 e. The number of Topliss-reactive ketones (excluding diaryl/α,β-unsaturated/α-hetero) is 1. The Bertz CT molecular complexity index is 657. The molecule has 1 atom stereocenters. The third-order valence-corrected chi connectivity index (χ3v) is 5.48. The first-order chi connectivity index (χ1) is 11.5. The predicted molar refractivity (Wildman–Crippen MR) is 86.2 cm³/mol. The molecule has 1 saturated carbocycles. The molecule has 0 aromatic carbocycles. The van der Waals surface area contributed by atoms with Crippen LogP contribution in [-0.4, -0.2) is 56.6 Å². The zero-order chi connectivity index (χ0) is 17.3. The van der Waals surface area contributed by atoms with Crippen molar-refractivity contribution < 1.29 is 14.4 Å². The van der Waals surface area contributed by atoms with Gasteiger partial charge >= 0.3 is 6.03 Å². The minimum atomic E-state index is -0.856.